The zero-order valence-corrected chi connectivity index (χ0v) is 11.8. The Bertz CT molecular complexity index is 560. The number of thioether (sulfide) groups is 1. The van der Waals surface area contributed by atoms with E-state index in [4.69, 9.17) is 0 Å². The first-order chi connectivity index (χ1) is 8.63. The number of carbonyl (C=O) groups excluding carboxylic acids is 1. The van der Waals surface area contributed by atoms with E-state index in [9.17, 15) is 4.79 Å². The summed E-state index contributed by atoms with van der Waals surface area (Å²) in [5.74, 6) is 0.834. The fourth-order valence-corrected chi connectivity index (χ4v) is 2.99. The highest BCUT2D eigenvalue weighted by Crippen LogP contribution is 2.33. The van der Waals surface area contributed by atoms with E-state index < -0.39 is 0 Å². The van der Waals surface area contributed by atoms with Gasteiger partial charge in [0.05, 0.1) is 5.69 Å². The minimum absolute atomic E-state index is 0.600. The molecule has 0 spiro atoms. The topological polar surface area (TPSA) is 25.2 Å². The predicted octanol–water partition coefficient (Wildman–Crippen LogP) is 2.93. The summed E-state index contributed by atoms with van der Waals surface area (Å²) < 4.78 is 2.12. The van der Waals surface area contributed by atoms with Crippen LogP contribution in [0.3, 0.4) is 0 Å². The van der Waals surface area contributed by atoms with E-state index in [-0.39, 0.29) is 0 Å². The van der Waals surface area contributed by atoms with E-state index in [0.717, 1.165) is 12.0 Å². The van der Waals surface area contributed by atoms with E-state index in [1.807, 2.05) is 14.1 Å². The number of hydrogen-bond acceptors (Lipinski definition) is 3. The van der Waals surface area contributed by atoms with E-state index in [2.05, 4.69) is 40.9 Å². The largest absolute Gasteiger partial charge is 0.377 e. The second-order valence-electron chi connectivity index (χ2n) is 4.50. The van der Waals surface area contributed by atoms with Crippen molar-refractivity contribution in [2.24, 2.45) is 7.05 Å². The lowest BCUT2D eigenvalue weighted by Crippen LogP contribution is -2.10. The van der Waals surface area contributed by atoms with Crippen LogP contribution in [0.5, 0.6) is 0 Å². The molecule has 4 heteroatoms. The number of aldehydes is 1. The molecule has 0 saturated carbocycles. The van der Waals surface area contributed by atoms with Crippen molar-refractivity contribution in [3.63, 3.8) is 0 Å². The molecule has 0 N–H and O–H groups in total. The van der Waals surface area contributed by atoms with Crippen molar-refractivity contribution >= 4 is 34.6 Å². The third-order valence-corrected chi connectivity index (χ3v) is 4.02. The van der Waals surface area contributed by atoms with E-state index >= 15 is 0 Å². The number of anilines is 1. The first-order valence-electron chi connectivity index (χ1n) is 5.96. The van der Waals surface area contributed by atoms with Gasteiger partial charge in [-0.15, -0.1) is 11.8 Å². The van der Waals surface area contributed by atoms with Gasteiger partial charge in [-0.05, 0) is 18.2 Å². The standard InChI is InChI=1S/C14H18N2OS/c1-15(2)13-9-11-5-6-16(3)12(11)10-14(13)18-8-4-7-17/h5-7,9-10H,4,8H2,1-3H3. The number of nitrogens with zero attached hydrogens (tertiary/aromatic N) is 2. The summed E-state index contributed by atoms with van der Waals surface area (Å²) in [6.45, 7) is 0. The molecule has 0 aliphatic heterocycles. The van der Waals surface area contributed by atoms with Crippen molar-refractivity contribution in [2.45, 2.75) is 11.3 Å². The molecule has 0 radical (unpaired) electrons. The third-order valence-electron chi connectivity index (χ3n) is 2.94. The van der Waals surface area contributed by atoms with Crippen LogP contribution in [0.2, 0.25) is 0 Å². The van der Waals surface area contributed by atoms with Crippen molar-refractivity contribution < 1.29 is 4.79 Å². The lowest BCUT2D eigenvalue weighted by molar-refractivity contribution is -0.107. The van der Waals surface area contributed by atoms with Gasteiger partial charge in [0.2, 0.25) is 0 Å². The van der Waals surface area contributed by atoms with Crippen molar-refractivity contribution in [3.8, 4) is 0 Å². The Morgan fingerprint density at radius 3 is 2.83 bits per heavy atom. The molecule has 0 fully saturated rings. The summed E-state index contributed by atoms with van der Waals surface area (Å²) in [6, 6.07) is 6.54. The average Bonchev–Trinajstić information content (AvgIpc) is 2.70. The molecule has 0 amide bonds. The minimum Gasteiger partial charge on any atom is -0.377 e. The van der Waals surface area contributed by atoms with Gasteiger partial charge >= 0.3 is 0 Å². The first-order valence-corrected chi connectivity index (χ1v) is 6.95. The highest BCUT2D eigenvalue weighted by Gasteiger charge is 2.09. The molecular formula is C14H18N2OS. The Labute approximate surface area is 112 Å². The number of hydrogen-bond donors (Lipinski definition) is 0. The molecule has 3 nitrogen and oxygen atoms in total. The van der Waals surface area contributed by atoms with Crippen molar-refractivity contribution in [3.05, 3.63) is 24.4 Å². The number of carbonyl (C=O) groups is 1. The summed E-state index contributed by atoms with van der Waals surface area (Å²) in [5, 5.41) is 1.25. The number of aryl methyl sites for hydroxylation is 1. The number of aromatic nitrogens is 1. The third kappa shape index (κ3) is 2.53. The van der Waals surface area contributed by atoms with Gasteiger partial charge in [0, 0.05) is 55.3 Å². The molecule has 18 heavy (non-hydrogen) atoms. The van der Waals surface area contributed by atoms with Crippen LogP contribution in [0, 0.1) is 0 Å². The molecule has 96 valence electrons. The van der Waals surface area contributed by atoms with Gasteiger partial charge in [0.1, 0.15) is 6.29 Å². The van der Waals surface area contributed by atoms with Crippen LogP contribution in [0.4, 0.5) is 5.69 Å². The summed E-state index contributed by atoms with van der Waals surface area (Å²) in [5.41, 5.74) is 2.44. The van der Waals surface area contributed by atoms with Gasteiger partial charge in [0.15, 0.2) is 0 Å². The summed E-state index contributed by atoms with van der Waals surface area (Å²) in [6.07, 6.45) is 3.65. The number of rotatable bonds is 5. The fourth-order valence-electron chi connectivity index (χ4n) is 1.97. The smallest absolute Gasteiger partial charge is 0.120 e. The lowest BCUT2D eigenvalue weighted by Gasteiger charge is -2.17. The summed E-state index contributed by atoms with van der Waals surface area (Å²) in [7, 11) is 6.15. The molecule has 2 rings (SSSR count). The van der Waals surface area contributed by atoms with Crippen LogP contribution >= 0.6 is 11.8 Å². The van der Waals surface area contributed by atoms with Crippen LogP contribution in [-0.2, 0) is 11.8 Å². The normalized spacial score (nSPS) is 10.8. The molecule has 1 aromatic heterocycles. The molecule has 1 heterocycles. The van der Waals surface area contributed by atoms with Gasteiger partial charge in [-0.1, -0.05) is 0 Å². The van der Waals surface area contributed by atoms with Gasteiger partial charge in [0.25, 0.3) is 0 Å². The second kappa shape index (κ2) is 5.48. The molecule has 0 aliphatic carbocycles. The highest BCUT2D eigenvalue weighted by atomic mass is 32.2. The van der Waals surface area contributed by atoms with Crippen LogP contribution in [0.1, 0.15) is 6.42 Å². The Hall–Kier alpha value is -1.42. The molecule has 1 aromatic carbocycles. The number of fused-ring (bicyclic) bond motifs is 1. The first kappa shape index (κ1) is 13.0. The van der Waals surface area contributed by atoms with Crippen LogP contribution in [-0.4, -0.2) is 30.7 Å². The molecule has 0 bridgehead atoms. The maximum Gasteiger partial charge on any atom is 0.120 e. The monoisotopic (exact) mass is 262 g/mol. The minimum atomic E-state index is 0.600. The Kier molecular flexibility index (Phi) is 3.97. The van der Waals surface area contributed by atoms with Crippen LogP contribution in [0.15, 0.2) is 29.3 Å². The van der Waals surface area contributed by atoms with Crippen molar-refractivity contribution in [2.75, 3.05) is 24.7 Å². The second-order valence-corrected chi connectivity index (χ2v) is 5.64. The quantitative estimate of drug-likeness (QED) is 0.470. The van der Waals surface area contributed by atoms with Crippen molar-refractivity contribution in [1.29, 1.82) is 0 Å². The average molecular weight is 262 g/mol. The van der Waals surface area contributed by atoms with Gasteiger partial charge in [-0.2, -0.15) is 0 Å². The Morgan fingerprint density at radius 1 is 1.39 bits per heavy atom. The zero-order valence-electron chi connectivity index (χ0n) is 11.0. The summed E-state index contributed by atoms with van der Waals surface area (Å²) in [4.78, 5) is 13.8. The zero-order chi connectivity index (χ0) is 13.1. The van der Waals surface area contributed by atoms with E-state index in [1.165, 1.54) is 21.5 Å². The van der Waals surface area contributed by atoms with E-state index in [1.54, 1.807) is 11.8 Å². The molecule has 0 atom stereocenters. The van der Waals surface area contributed by atoms with Gasteiger partial charge in [-0.3, -0.25) is 0 Å². The Morgan fingerprint density at radius 2 is 2.17 bits per heavy atom. The SMILES string of the molecule is CN(C)c1cc2ccn(C)c2cc1SCCC=O. The highest BCUT2D eigenvalue weighted by molar-refractivity contribution is 7.99. The predicted molar refractivity (Wildman–Crippen MR) is 78.7 cm³/mol. The van der Waals surface area contributed by atoms with Crippen LogP contribution < -0.4 is 4.90 Å². The molecule has 0 unspecified atom stereocenters. The van der Waals surface area contributed by atoms with Crippen molar-refractivity contribution in [1.82, 2.24) is 4.57 Å². The summed E-state index contributed by atoms with van der Waals surface area (Å²) >= 11 is 1.74. The maximum atomic E-state index is 10.4. The fraction of sp³-hybridized carbons (Fsp3) is 0.357. The van der Waals surface area contributed by atoms with Gasteiger partial charge < -0.3 is 14.3 Å². The lowest BCUT2D eigenvalue weighted by atomic mass is 10.2. The molecule has 0 aliphatic rings. The molecule has 2 aromatic rings. The maximum absolute atomic E-state index is 10.4. The van der Waals surface area contributed by atoms with Crippen LogP contribution in [0.25, 0.3) is 10.9 Å². The molecule has 0 saturated heterocycles. The van der Waals surface area contributed by atoms with E-state index in [0.29, 0.717) is 6.42 Å². The number of benzene rings is 1. The Balaban J connectivity index is 2.42. The van der Waals surface area contributed by atoms with Gasteiger partial charge in [-0.25, -0.2) is 0 Å². The molecular weight excluding hydrogens is 244 g/mol.